The predicted molar refractivity (Wildman–Crippen MR) is 97.5 cm³/mol. The third kappa shape index (κ3) is 5.03. The molecule has 0 unspecified atom stereocenters. The molecule has 6 heteroatoms. The smallest absolute Gasteiger partial charge is 0.191 e. The lowest BCUT2D eigenvalue weighted by molar-refractivity contribution is 0.354. The molecule has 0 amide bonds. The molecule has 0 aliphatic heterocycles. The Kier molecular flexibility index (Phi) is 7.02. The van der Waals surface area contributed by atoms with Crippen LogP contribution in [-0.2, 0) is 6.54 Å². The lowest BCUT2D eigenvalue weighted by Crippen LogP contribution is -2.42. The highest BCUT2D eigenvalue weighted by atomic mass is 79.9. The van der Waals surface area contributed by atoms with Crippen molar-refractivity contribution in [3.8, 4) is 11.5 Å². The molecule has 0 bridgehead atoms. The molecule has 1 aromatic rings. The molecule has 0 aromatic heterocycles. The van der Waals surface area contributed by atoms with Gasteiger partial charge < -0.3 is 20.1 Å². The van der Waals surface area contributed by atoms with Crippen molar-refractivity contribution in [2.75, 3.05) is 20.8 Å². The van der Waals surface area contributed by atoms with Gasteiger partial charge >= 0.3 is 0 Å². The summed E-state index contributed by atoms with van der Waals surface area (Å²) in [5, 5.41) is 6.84. The number of halogens is 1. The van der Waals surface area contributed by atoms with Gasteiger partial charge in [-0.3, -0.25) is 0 Å². The van der Waals surface area contributed by atoms with Gasteiger partial charge in [-0.25, -0.2) is 4.99 Å². The quantitative estimate of drug-likeness (QED) is 0.583. The molecule has 128 valence electrons. The van der Waals surface area contributed by atoms with E-state index in [-0.39, 0.29) is 0 Å². The van der Waals surface area contributed by atoms with Gasteiger partial charge in [0, 0.05) is 17.1 Å². The molecule has 1 aliphatic carbocycles. The van der Waals surface area contributed by atoms with E-state index in [1.54, 1.807) is 14.2 Å². The number of rotatable bonds is 6. The van der Waals surface area contributed by atoms with Crippen molar-refractivity contribution in [1.82, 2.24) is 10.6 Å². The summed E-state index contributed by atoms with van der Waals surface area (Å²) in [5.41, 5.74) is 1.06. The van der Waals surface area contributed by atoms with Crippen LogP contribution in [0.1, 0.15) is 38.2 Å². The molecule has 0 heterocycles. The van der Waals surface area contributed by atoms with Crippen molar-refractivity contribution in [2.45, 2.75) is 45.2 Å². The van der Waals surface area contributed by atoms with Gasteiger partial charge in [-0.15, -0.1) is 0 Å². The largest absolute Gasteiger partial charge is 0.493 e. The maximum atomic E-state index is 5.37. The third-order valence-corrected chi connectivity index (χ3v) is 4.74. The maximum absolute atomic E-state index is 5.37. The Morgan fingerprint density at radius 2 is 1.87 bits per heavy atom. The van der Waals surface area contributed by atoms with Crippen LogP contribution in [0.3, 0.4) is 0 Å². The Hall–Kier alpha value is -1.43. The number of benzene rings is 1. The van der Waals surface area contributed by atoms with Crippen LogP contribution in [0.25, 0.3) is 0 Å². The lowest BCUT2D eigenvalue weighted by atomic mass is 10.2. The normalized spacial score (nSPS) is 15.6. The van der Waals surface area contributed by atoms with Crippen LogP contribution in [0.2, 0.25) is 0 Å². The first kappa shape index (κ1) is 17.9. The lowest BCUT2D eigenvalue weighted by Gasteiger charge is -2.17. The molecule has 0 radical (unpaired) electrons. The van der Waals surface area contributed by atoms with Crippen LogP contribution in [0.4, 0.5) is 0 Å². The average molecular weight is 384 g/mol. The molecule has 0 saturated heterocycles. The zero-order chi connectivity index (χ0) is 16.7. The number of guanidine groups is 1. The maximum Gasteiger partial charge on any atom is 0.191 e. The first-order chi connectivity index (χ1) is 11.2. The van der Waals surface area contributed by atoms with Gasteiger partial charge in [0.15, 0.2) is 17.5 Å². The van der Waals surface area contributed by atoms with E-state index in [2.05, 4.69) is 33.5 Å². The minimum Gasteiger partial charge on any atom is -0.493 e. The molecule has 2 rings (SSSR count). The van der Waals surface area contributed by atoms with E-state index in [1.165, 1.54) is 25.7 Å². The van der Waals surface area contributed by atoms with Crippen LogP contribution in [0.15, 0.2) is 21.6 Å². The van der Waals surface area contributed by atoms with Crippen LogP contribution in [0.5, 0.6) is 11.5 Å². The molecule has 2 N–H and O–H groups in total. The van der Waals surface area contributed by atoms with Gasteiger partial charge in [-0.05, 0) is 37.5 Å². The zero-order valence-corrected chi connectivity index (χ0v) is 15.7. The predicted octanol–water partition coefficient (Wildman–Crippen LogP) is 3.46. The number of hydrogen-bond acceptors (Lipinski definition) is 3. The van der Waals surface area contributed by atoms with Gasteiger partial charge in [0.2, 0.25) is 0 Å². The van der Waals surface area contributed by atoms with E-state index in [0.29, 0.717) is 18.3 Å². The number of nitrogens with zero attached hydrogens (tertiary/aromatic N) is 1. The molecule has 1 aliphatic rings. The van der Waals surface area contributed by atoms with E-state index < -0.39 is 0 Å². The molecular weight excluding hydrogens is 358 g/mol. The van der Waals surface area contributed by atoms with E-state index in [4.69, 9.17) is 14.5 Å². The Labute approximate surface area is 147 Å². The Morgan fingerprint density at radius 3 is 2.48 bits per heavy atom. The van der Waals surface area contributed by atoms with Crippen LogP contribution >= 0.6 is 15.9 Å². The number of methoxy groups -OCH3 is 2. The minimum atomic E-state index is 0.543. The van der Waals surface area contributed by atoms with Gasteiger partial charge in [0.1, 0.15) is 0 Å². The highest BCUT2D eigenvalue weighted by Crippen LogP contribution is 2.33. The highest BCUT2D eigenvalue weighted by Gasteiger charge is 2.16. The van der Waals surface area contributed by atoms with Crippen molar-refractivity contribution in [2.24, 2.45) is 4.99 Å². The monoisotopic (exact) mass is 383 g/mol. The molecule has 0 spiro atoms. The van der Waals surface area contributed by atoms with E-state index >= 15 is 0 Å². The zero-order valence-electron chi connectivity index (χ0n) is 14.1. The Morgan fingerprint density at radius 1 is 1.22 bits per heavy atom. The van der Waals surface area contributed by atoms with E-state index in [1.807, 2.05) is 12.1 Å². The van der Waals surface area contributed by atoms with Gasteiger partial charge in [0.25, 0.3) is 0 Å². The van der Waals surface area contributed by atoms with Gasteiger partial charge in [-0.2, -0.15) is 0 Å². The van der Waals surface area contributed by atoms with Crippen molar-refractivity contribution in [1.29, 1.82) is 0 Å². The summed E-state index contributed by atoms with van der Waals surface area (Å²) in [5.74, 6) is 2.30. The number of ether oxygens (including phenoxy) is 2. The van der Waals surface area contributed by atoms with Crippen molar-refractivity contribution >= 4 is 21.9 Å². The fraction of sp³-hybridized carbons (Fsp3) is 0.588. The fourth-order valence-corrected chi connectivity index (χ4v) is 3.21. The van der Waals surface area contributed by atoms with E-state index in [9.17, 15) is 0 Å². The first-order valence-corrected chi connectivity index (χ1v) is 8.92. The summed E-state index contributed by atoms with van der Waals surface area (Å²) in [6.45, 7) is 3.51. The average Bonchev–Trinajstić information content (AvgIpc) is 3.06. The summed E-state index contributed by atoms with van der Waals surface area (Å²) >= 11 is 3.58. The SMILES string of the molecule is CCNC(=NCc1cc(OC)c(OC)cc1Br)NC1CCCC1. The molecule has 0 atom stereocenters. The van der Waals surface area contributed by atoms with Crippen molar-refractivity contribution < 1.29 is 9.47 Å². The summed E-state index contributed by atoms with van der Waals surface area (Å²) in [6, 6.07) is 4.42. The second kappa shape index (κ2) is 9.01. The van der Waals surface area contributed by atoms with Crippen LogP contribution in [-0.4, -0.2) is 32.8 Å². The van der Waals surface area contributed by atoms with Crippen LogP contribution in [0, 0.1) is 0 Å². The summed E-state index contributed by atoms with van der Waals surface area (Å²) < 4.78 is 11.6. The van der Waals surface area contributed by atoms with Gasteiger partial charge in [-0.1, -0.05) is 28.8 Å². The Bertz CT molecular complexity index is 543. The van der Waals surface area contributed by atoms with E-state index in [0.717, 1.165) is 28.3 Å². The second-order valence-electron chi connectivity index (χ2n) is 5.62. The Balaban J connectivity index is 2.11. The number of nitrogens with one attached hydrogen (secondary N) is 2. The molecule has 1 saturated carbocycles. The molecule has 1 fully saturated rings. The third-order valence-electron chi connectivity index (χ3n) is 4.00. The molecule has 23 heavy (non-hydrogen) atoms. The molecule has 5 nitrogen and oxygen atoms in total. The van der Waals surface area contributed by atoms with Gasteiger partial charge in [0.05, 0.1) is 20.8 Å². The minimum absolute atomic E-state index is 0.543. The van der Waals surface area contributed by atoms with Crippen molar-refractivity contribution in [3.63, 3.8) is 0 Å². The second-order valence-corrected chi connectivity index (χ2v) is 6.47. The standard InChI is InChI=1S/C17H26BrN3O2/c1-4-19-17(21-13-7-5-6-8-13)20-11-12-9-15(22-2)16(23-3)10-14(12)18/h9-10,13H,4-8,11H2,1-3H3,(H2,19,20,21). The summed E-state index contributed by atoms with van der Waals surface area (Å²) in [6.07, 6.45) is 5.06. The first-order valence-electron chi connectivity index (χ1n) is 8.13. The summed E-state index contributed by atoms with van der Waals surface area (Å²) in [7, 11) is 3.28. The number of hydrogen-bond donors (Lipinski definition) is 2. The highest BCUT2D eigenvalue weighted by molar-refractivity contribution is 9.10. The van der Waals surface area contributed by atoms with Crippen molar-refractivity contribution in [3.05, 3.63) is 22.2 Å². The molecular formula is C17H26BrN3O2. The fourth-order valence-electron chi connectivity index (χ4n) is 2.77. The molecule has 1 aromatic carbocycles. The summed E-state index contributed by atoms with van der Waals surface area (Å²) in [4.78, 5) is 4.71. The number of aliphatic imine (C=N–C) groups is 1. The van der Waals surface area contributed by atoms with Crippen LogP contribution < -0.4 is 20.1 Å². The topological polar surface area (TPSA) is 54.9 Å².